The van der Waals surface area contributed by atoms with Crippen molar-refractivity contribution in [2.45, 2.75) is 0 Å². The van der Waals surface area contributed by atoms with Gasteiger partial charge in [0.1, 0.15) is 0 Å². The molecule has 0 unspecified atom stereocenters. The van der Waals surface area contributed by atoms with Crippen molar-refractivity contribution in [1.82, 2.24) is 10.2 Å². The molecule has 0 aromatic heterocycles. The summed E-state index contributed by atoms with van der Waals surface area (Å²) in [6.07, 6.45) is 10.1. The monoisotopic (exact) mass is 314 g/mol. The van der Waals surface area contributed by atoms with Crippen LogP contribution in [0.1, 0.15) is 15.9 Å². The molecule has 0 heterocycles. The van der Waals surface area contributed by atoms with E-state index in [4.69, 9.17) is 5.11 Å². The van der Waals surface area contributed by atoms with Crippen molar-refractivity contribution in [3.8, 4) is 0 Å². The van der Waals surface area contributed by atoms with Crippen LogP contribution >= 0.6 is 0 Å². The number of aliphatic imine (C=N–C) groups is 2. The van der Waals surface area contributed by atoms with Gasteiger partial charge in [-0.2, -0.15) is 0 Å². The fraction of sp³-hybridized carbons (Fsp3) is 0.235. The fourth-order valence-electron chi connectivity index (χ4n) is 1.53. The van der Waals surface area contributed by atoms with E-state index in [9.17, 15) is 4.79 Å². The minimum Gasteiger partial charge on any atom is -0.395 e. The Morgan fingerprint density at radius 2 is 2.00 bits per heavy atom. The van der Waals surface area contributed by atoms with Crippen LogP contribution < -0.4 is 5.32 Å². The van der Waals surface area contributed by atoms with Gasteiger partial charge in [-0.05, 0) is 23.8 Å². The van der Waals surface area contributed by atoms with Gasteiger partial charge < -0.3 is 15.3 Å². The lowest BCUT2D eigenvalue weighted by molar-refractivity contribution is 0.0944. The maximum atomic E-state index is 11.8. The number of nitrogens with one attached hydrogen (secondary N) is 1. The van der Waals surface area contributed by atoms with E-state index in [2.05, 4.69) is 15.3 Å². The van der Waals surface area contributed by atoms with Crippen LogP contribution in [0.25, 0.3) is 6.08 Å². The van der Waals surface area contributed by atoms with Gasteiger partial charge in [-0.15, -0.1) is 0 Å². The van der Waals surface area contributed by atoms with E-state index in [-0.39, 0.29) is 19.1 Å². The molecule has 6 heteroatoms. The predicted octanol–water partition coefficient (Wildman–Crippen LogP) is 1.55. The molecule has 23 heavy (non-hydrogen) atoms. The SMILES string of the molecule is CN(C)/C=C\N=CC=N/C=C/c1cccc(C(=O)NCCO)c1. The number of hydrogen-bond donors (Lipinski definition) is 2. The van der Waals surface area contributed by atoms with Crippen LogP contribution in [0.3, 0.4) is 0 Å². The molecule has 0 radical (unpaired) electrons. The topological polar surface area (TPSA) is 77.3 Å². The Kier molecular flexibility index (Phi) is 8.70. The average molecular weight is 314 g/mol. The minimum absolute atomic E-state index is 0.0780. The standard InChI is InChI=1S/C17H22N4O2/c1-21(2)12-10-19-9-8-18-7-6-15-4-3-5-16(14-15)17(23)20-11-13-22/h3-10,12,14,22H,11,13H2,1-2H3,(H,20,23)/b7-6+,12-10-,18-8?,19-9?. The lowest BCUT2D eigenvalue weighted by Gasteiger charge is -2.03. The van der Waals surface area contributed by atoms with Crippen molar-refractivity contribution < 1.29 is 9.90 Å². The summed E-state index contributed by atoms with van der Waals surface area (Å²) in [4.78, 5) is 21.8. The highest BCUT2D eigenvalue weighted by atomic mass is 16.3. The zero-order chi connectivity index (χ0) is 16.9. The highest BCUT2D eigenvalue weighted by Crippen LogP contribution is 2.07. The molecule has 1 aromatic rings. The van der Waals surface area contributed by atoms with Crippen LogP contribution in [0, 0.1) is 0 Å². The van der Waals surface area contributed by atoms with E-state index in [1.54, 1.807) is 49.1 Å². The molecule has 0 atom stereocenters. The molecule has 1 rings (SSSR count). The molecule has 2 N–H and O–H groups in total. The Morgan fingerprint density at radius 1 is 1.26 bits per heavy atom. The molecule has 0 fully saturated rings. The molecule has 0 saturated carbocycles. The Hall–Kier alpha value is -2.73. The first-order valence-electron chi connectivity index (χ1n) is 7.17. The molecule has 0 aliphatic rings. The molecule has 1 aromatic carbocycles. The lowest BCUT2D eigenvalue weighted by atomic mass is 10.1. The summed E-state index contributed by atoms with van der Waals surface area (Å²) in [5, 5.41) is 11.3. The van der Waals surface area contributed by atoms with Gasteiger partial charge in [-0.1, -0.05) is 12.1 Å². The molecule has 0 saturated heterocycles. The van der Waals surface area contributed by atoms with Crippen molar-refractivity contribution in [3.05, 3.63) is 54.0 Å². The lowest BCUT2D eigenvalue weighted by Crippen LogP contribution is -2.26. The third kappa shape index (κ3) is 8.33. The number of amides is 1. The zero-order valence-corrected chi connectivity index (χ0v) is 13.4. The third-order valence-electron chi connectivity index (χ3n) is 2.59. The largest absolute Gasteiger partial charge is 0.395 e. The second-order valence-corrected chi connectivity index (χ2v) is 4.78. The second kappa shape index (κ2) is 10.9. The van der Waals surface area contributed by atoms with Crippen LogP contribution in [0.15, 0.2) is 52.9 Å². The van der Waals surface area contributed by atoms with Gasteiger partial charge in [-0.25, -0.2) is 0 Å². The first-order chi connectivity index (χ1) is 11.1. The van der Waals surface area contributed by atoms with Crippen molar-refractivity contribution in [2.75, 3.05) is 27.2 Å². The van der Waals surface area contributed by atoms with Crippen molar-refractivity contribution in [2.24, 2.45) is 9.98 Å². The second-order valence-electron chi connectivity index (χ2n) is 4.78. The van der Waals surface area contributed by atoms with E-state index >= 15 is 0 Å². The summed E-state index contributed by atoms with van der Waals surface area (Å²) in [5.41, 5.74) is 1.41. The Morgan fingerprint density at radius 3 is 2.70 bits per heavy atom. The fourth-order valence-corrected chi connectivity index (χ4v) is 1.53. The van der Waals surface area contributed by atoms with Gasteiger partial charge in [0.15, 0.2) is 0 Å². The molecule has 122 valence electrons. The minimum atomic E-state index is -0.211. The van der Waals surface area contributed by atoms with Crippen molar-refractivity contribution in [1.29, 1.82) is 0 Å². The molecule has 6 nitrogen and oxygen atoms in total. The summed E-state index contributed by atoms with van der Waals surface area (Å²) < 4.78 is 0. The summed E-state index contributed by atoms with van der Waals surface area (Å²) in [6, 6.07) is 7.15. The first kappa shape index (κ1) is 18.3. The number of carbonyl (C=O) groups is 1. The van der Waals surface area contributed by atoms with E-state index in [1.807, 2.05) is 31.3 Å². The Bertz CT molecular complexity index is 604. The molecular weight excluding hydrogens is 292 g/mol. The number of nitrogens with zero attached hydrogens (tertiary/aromatic N) is 3. The highest BCUT2D eigenvalue weighted by molar-refractivity contribution is 6.16. The molecule has 0 spiro atoms. The van der Waals surface area contributed by atoms with Gasteiger partial charge in [0.2, 0.25) is 0 Å². The highest BCUT2D eigenvalue weighted by Gasteiger charge is 2.03. The normalized spacial score (nSPS) is 12.0. The van der Waals surface area contributed by atoms with E-state index in [0.29, 0.717) is 5.56 Å². The molecule has 0 aliphatic heterocycles. The van der Waals surface area contributed by atoms with E-state index in [0.717, 1.165) is 5.56 Å². The maximum absolute atomic E-state index is 11.8. The maximum Gasteiger partial charge on any atom is 0.251 e. The number of rotatable bonds is 8. The van der Waals surface area contributed by atoms with Gasteiger partial charge in [-0.3, -0.25) is 14.8 Å². The number of carbonyl (C=O) groups excluding carboxylic acids is 1. The van der Waals surface area contributed by atoms with Crippen molar-refractivity contribution >= 4 is 24.4 Å². The molecule has 0 bridgehead atoms. The predicted molar refractivity (Wildman–Crippen MR) is 94.7 cm³/mol. The number of benzene rings is 1. The van der Waals surface area contributed by atoms with Gasteiger partial charge in [0.25, 0.3) is 5.91 Å². The number of aliphatic hydroxyl groups excluding tert-OH is 1. The summed E-state index contributed by atoms with van der Waals surface area (Å²) in [6.45, 7) is 0.163. The van der Waals surface area contributed by atoms with Crippen LogP contribution in [0.2, 0.25) is 0 Å². The average Bonchev–Trinajstić information content (AvgIpc) is 2.55. The molecule has 1 amide bonds. The Labute approximate surface area is 136 Å². The van der Waals surface area contributed by atoms with Crippen LogP contribution in [0.4, 0.5) is 0 Å². The summed E-state index contributed by atoms with van der Waals surface area (Å²) in [5.74, 6) is -0.211. The summed E-state index contributed by atoms with van der Waals surface area (Å²) >= 11 is 0. The summed E-state index contributed by atoms with van der Waals surface area (Å²) in [7, 11) is 3.84. The number of aliphatic hydroxyl groups is 1. The molecule has 0 aliphatic carbocycles. The van der Waals surface area contributed by atoms with E-state index in [1.165, 1.54) is 0 Å². The van der Waals surface area contributed by atoms with Gasteiger partial charge >= 0.3 is 0 Å². The van der Waals surface area contributed by atoms with Gasteiger partial charge in [0.05, 0.1) is 6.61 Å². The van der Waals surface area contributed by atoms with E-state index < -0.39 is 0 Å². The van der Waals surface area contributed by atoms with Crippen LogP contribution in [-0.4, -0.2) is 55.6 Å². The van der Waals surface area contributed by atoms with Crippen LogP contribution in [0.5, 0.6) is 0 Å². The third-order valence-corrected chi connectivity index (χ3v) is 2.59. The number of hydrogen-bond acceptors (Lipinski definition) is 5. The quantitative estimate of drug-likeness (QED) is 0.715. The van der Waals surface area contributed by atoms with Crippen molar-refractivity contribution in [3.63, 3.8) is 0 Å². The first-order valence-corrected chi connectivity index (χ1v) is 7.17. The van der Waals surface area contributed by atoms with Crippen LogP contribution in [-0.2, 0) is 0 Å². The zero-order valence-electron chi connectivity index (χ0n) is 13.4. The molecular formula is C17H22N4O2. The van der Waals surface area contributed by atoms with Gasteiger partial charge in [0, 0.05) is 57.2 Å². The Balaban J connectivity index is 2.55. The smallest absolute Gasteiger partial charge is 0.251 e.